The van der Waals surface area contributed by atoms with Crippen LogP contribution in [0.5, 0.6) is 0 Å². The Morgan fingerprint density at radius 3 is 2.55 bits per heavy atom. The van der Waals surface area contributed by atoms with Crippen LogP contribution in [0.3, 0.4) is 0 Å². The van der Waals surface area contributed by atoms with Crippen LogP contribution in [0.15, 0.2) is 42.5 Å². The SMILES string of the molecule is CC1C[C@@H](c2ccc(Cl)c(Cl)c2)c2ccccc2C1=O. The van der Waals surface area contributed by atoms with Gasteiger partial charge in [0.15, 0.2) is 5.78 Å². The molecule has 0 heterocycles. The van der Waals surface area contributed by atoms with Gasteiger partial charge in [0.2, 0.25) is 0 Å². The number of carbonyl (C=O) groups excluding carboxylic acids is 1. The quantitative estimate of drug-likeness (QED) is 0.694. The van der Waals surface area contributed by atoms with E-state index in [0.29, 0.717) is 10.0 Å². The van der Waals surface area contributed by atoms with E-state index in [1.807, 2.05) is 49.4 Å². The minimum atomic E-state index is 0.0318. The summed E-state index contributed by atoms with van der Waals surface area (Å²) in [5.74, 6) is 0.468. The second-order valence-corrected chi connectivity index (χ2v) is 6.13. The average Bonchev–Trinajstić information content (AvgIpc) is 2.46. The van der Waals surface area contributed by atoms with Crippen LogP contribution in [-0.2, 0) is 0 Å². The van der Waals surface area contributed by atoms with Crippen molar-refractivity contribution < 1.29 is 4.79 Å². The van der Waals surface area contributed by atoms with Crippen molar-refractivity contribution in [2.24, 2.45) is 5.92 Å². The fraction of sp³-hybridized carbons (Fsp3) is 0.235. The zero-order valence-corrected chi connectivity index (χ0v) is 12.6. The maximum Gasteiger partial charge on any atom is 0.165 e. The molecule has 0 saturated carbocycles. The van der Waals surface area contributed by atoms with E-state index in [1.165, 1.54) is 0 Å². The van der Waals surface area contributed by atoms with Crippen LogP contribution in [0.25, 0.3) is 0 Å². The summed E-state index contributed by atoms with van der Waals surface area (Å²) >= 11 is 12.1. The molecule has 0 radical (unpaired) electrons. The van der Waals surface area contributed by atoms with Gasteiger partial charge in [0, 0.05) is 17.4 Å². The van der Waals surface area contributed by atoms with Crippen LogP contribution in [0, 0.1) is 5.92 Å². The maximum atomic E-state index is 12.3. The molecule has 3 heteroatoms. The van der Waals surface area contributed by atoms with Gasteiger partial charge in [0.05, 0.1) is 10.0 Å². The van der Waals surface area contributed by atoms with Gasteiger partial charge in [0.1, 0.15) is 0 Å². The highest BCUT2D eigenvalue weighted by molar-refractivity contribution is 6.42. The van der Waals surface area contributed by atoms with Gasteiger partial charge >= 0.3 is 0 Å². The van der Waals surface area contributed by atoms with Crippen LogP contribution in [0.4, 0.5) is 0 Å². The predicted octanol–water partition coefficient (Wildman–Crippen LogP) is 5.35. The lowest BCUT2D eigenvalue weighted by Crippen LogP contribution is -2.24. The van der Waals surface area contributed by atoms with Gasteiger partial charge in [-0.2, -0.15) is 0 Å². The van der Waals surface area contributed by atoms with Crippen molar-refractivity contribution in [1.29, 1.82) is 0 Å². The van der Waals surface area contributed by atoms with E-state index in [9.17, 15) is 4.79 Å². The average molecular weight is 305 g/mol. The summed E-state index contributed by atoms with van der Waals surface area (Å²) in [4.78, 5) is 12.3. The Kier molecular flexibility index (Phi) is 3.57. The van der Waals surface area contributed by atoms with Gasteiger partial charge < -0.3 is 0 Å². The lowest BCUT2D eigenvalue weighted by molar-refractivity contribution is 0.0908. The molecule has 0 spiro atoms. The van der Waals surface area contributed by atoms with Crippen molar-refractivity contribution in [3.8, 4) is 0 Å². The first-order valence-electron chi connectivity index (χ1n) is 6.66. The summed E-state index contributed by atoms with van der Waals surface area (Å²) in [5.41, 5.74) is 3.04. The summed E-state index contributed by atoms with van der Waals surface area (Å²) in [6, 6.07) is 13.6. The molecule has 0 fully saturated rings. The van der Waals surface area contributed by atoms with Gasteiger partial charge in [-0.25, -0.2) is 0 Å². The Hall–Kier alpha value is -1.31. The minimum absolute atomic E-state index is 0.0318. The molecule has 1 aliphatic carbocycles. The van der Waals surface area contributed by atoms with Gasteiger partial charge in [0.25, 0.3) is 0 Å². The van der Waals surface area contributed by atoms with Crippen LogP contribution in [0.1, 0.15) is 40.7 Å². The summed E-state index contributed by atoms with van der Waals surface area (Å²) in [5, 5.41) is 1.12. The summed E-state index contributed by atoms with van der Waals surface area (Å²) in [6.45, 7) is 1.99. The Morgan fingerprint density at radius 1 is 1.05 bits per heavy atom. The number of halogens is 2. The van der Waals surface area contributed by atoms with Crippen LogP contribution >= 0.6 is 23.2 Å². The summed E-state index contributed by atoms with van der Waals surface area (Å²) < 4.78 is 0. The lowest BCUT2D eigenvalue weighted by atomic mass is 9.74. The third kappa shape index (κ3) is 2.25. The zero-order chi connectivity index (χ0) is 14.3. The number of ketones is 1. The highest BCUT2D eigenvalue weighted by atomic mass is 35.5. The molecule has 2 aromatic carbocycles. The molecule has 1 aliphatic rings. The van der Waals surface area contributed by atoms with E-state index in [0.717, 1.165) is 23.1 Å². The van der Waals surface area contributed by atoms with E-state index in [1.54, 1.807) is 0 Å². The number of hydrogen-bond acceptors (Lipinski definition) is 1. The van der Waals surface area contributed by atoms with Crippen molar-refractivity contribution in [3.63, 3.8) is 0 Å². The predicted molar refractivity (Wildman–Crippen MR) is 82.9 cm³/mol. The molecule has 0 aliphatic heterocycles. The molecule has 2 atom stereocenters. The molecular formula is C17H14Cl2O. The minimum Gasteiger partial charge on any atom is -0.294 e. The molecule has 0 N–H and O–H groups in total. The lowest BCUT2D eigenvalue weighted by Gasteiger charge is -2.29. The first kappa shape index (κ1) is 13.7. The van der Waals surface area contributed by atoms with Crippen LogP contribution in [-0.4, -0.2) is 5.78 Å². The molecule has 1 nitrogen and oxygen atoms in total. The van der Waals surface area contributed by atoms with E-state index in [2.05, 4.69) is 0 Å². The van der Waals surface area contributed by atoms with E-state index in [-0.39, 0.29) is 17.6 Å². The second-order valence-electron chi connectivity index (χ2n) is 5.31. The number of rotatable bonds is 1. The smallest absolute Gasteiger partial charge is 0.165 e. The topological polar surface area (TPSA) is 17.1 Å². The second kappa shape index (κ2) is 5.23. The molecule has 2 aromatic rings. The van der Waals surface area contributed by atoms with Crippen molar-refractivity contribution in [3.05, 3.63) is 69.2 Å². The van der Waals surface area contributed by atoms with Crippen LogP contribution < -0.4 is 0 Å². The largest absolute Gasteiger partial charge is 0.294 e. The van der Waals surface area contributed by atoms with Crippen molar-refractivity contribution in [2.75, 3.05) is 0 Å². The molecule has 20 heavy (non-hydrogen) atoms. The first-order valence-corrected chi connectivity index (χ1v) is 7.41. The highest BCUT2D eigenvalue weighted by Crippen LogP contribution is 2.40. The summed E-state index contributed by atoms with van der Waals surface area (Å²) in [7, 11) is 0. The fourth-order valence-corrected chi connectivity index (χ4v) is 3.23. The molecule has 3 rings (SSSR count). The molecule has 0 amide bonds. The zero-order valence-electron chi connectivity index (χ0n) is 11.1. The molecular weight excluding hydrogens is 291 g/mol. The molecule has 0 saturated heterocycles. The van der Waals surface area contributed by atoms with Crippen molar-refractivity contribution in [2.45, 2.75) is 19.3 Å². The van der Waals surface area contributed by atoms with E-state index >= 15 is 0 Å². The Bertz CT molecular complexity index is 678. The molecule has 0 aromatic heterocycles. The number of benzene rings is 2. The van der Waals surface area contributed by atoms with Crippen LogP contribution in [0.2, 0.25) is 10.0 Å². The van der Waals surface area contributed by atoms with Crippen molar-refractivity contribution >= 4 is 29.0 Å². The van der Waals surface area contributed by atoms with E-state index in [4.69, 9.17) is 23.2 Å². The molecule has 0 bridgehead atoms. The number of carbonyl (C=O) groups is 1. The Labute approximate surface area is 128 Å². The van der Waals surface area contributed by atoms with Gasteiger partial charge in [-0.3, -0.25) is 4.79 Å². The maximum absolute atomic E-state index is 12.3. The summed E-state index contributed by atoms with van der Waals surface area (Å²) in [6.07, 6.45) is 0.813. The van der Waals surface area contributed by atoms with Crippen molar-refractivity contribution in [1.82, 2.24) is 0 Å². The third-order valence-electron chi connectivity index (χ3n) is 3.98. The Morgan fingerprint density at radius 2 is 1.80 bits per heavy atom. The molecule has 102 valence electrons. The first-order chi connectivity index (χ1) is 9.58. The molecule has 1 unspecified atom stereocenters. The Balaban J connectivity index is 2.12. The van der Waals surface area contributed by atoms with Gasteiger partial charge in [-0.15, -0.1) is 0 Å². The normalized spacial score (nSPS) is 21.6. The van der Waals surface area contributed by atoms with E-state index < -0.39 is 0 Å². The monoisotopic (exact) mass is 304 g/mol. The number of Topliss-reactive ketones (excluding diaryl/α,β-unsaturated/α-hetero) is 1. The fourth-order valence-electron chi connectivity index (χ4n) is 2.92. The van der Waals surface area contributed by atoms with Gasteiger partial charge in [-0.05, 0) is 29.7 Å². The standard InChI is InChI=1S/C17H14Cl2O/c1-10-8-14(11-6-7-15(18)16(19)9-11)12-4-2-3-5-13(12)17(10)20/h2-7,9-10,14H,8H2,1H3/t10?,14-/m0/s1. The number of fused-ring (bicyclic) bond motifs is 1. The third-order valence-corrected chi connectivity index (χ3v) is 4.72. The highest BCUT2D eigenvalue weighted by Gasteiger charge is 2.31. The number of hydrogen-bond donors (Lipinski definition) is 0. The van der Waals surface area contributed by atoms with Gasteiger partial charge in [-0.1, -0.05) is 60.5 Å².